The molecular formula is C12H17ClN2O3. The van der Waals surface area contributed by atoms with Crippen molar-refractivity contribution in [1.82, 2.24) is 0 Å². The third-order valence-corrected chi connectivity index (χ3v) is 3.25. The number of halogens is 1. The molecule has 0 spiro atoms. The summed E-state index contributed by atoms with van der Waals surface area (Å²) < 4.78 is 0. The van der Waals surface area contributed by atoms with Gasteiger partial charge in [0.1, 0.15) is 5.75 Å². The topological polar surface area (TPSA) is 89.4 Å². The molecule has 0 aliphatic heterocycles. The van der Waals surface area contributed by atoms with Crippen molar-refractivity contribution in [2.45, 2.75) is 32.2 Å². The van der Waals surface area contributed by atoms with Crippen LogP contribution in [0.2, 0.25) is 0 Å². The zero-order valence-corrected chi connectivity index (χ0v) is 10.9. The Balaban J connectivity index is 0.00000162. The number of aryl methyl sites for hydroxylation is 1. The van der Waals surface area contributed by atoms with Crippen LogP contribution in [-0.2, 0) is 0 Å². The molecule has 0 aromatic heterocycles. The van der Waals surface area contributed by atoms with Gasteiger partial charge in [0.2, 0.25) is 0 Å². The number of nitro benzene ring substituents is 1. The SMILES string of the molecule is Cc1ccc([N+](=O)[O-])c([C@H](N)CC2CC2)c1O.Cl. The Kier molecular flexibility index (Phi) is 4.53. The van der Waals surface area contributed by atoms with Crippen LogP contribution in [0, 0.1) is 23.0 Å². The fourth-order valence-corrected chi connectivity index (χ4v) is 2.06. The molecule has 0 amide bonds. The van der Waals surface area contributed by atoms with Crippen LogP contribution in [0.1, 0.15) is 36.4 Å². The molecule has 0 heterocycles. The van der Waals surface area contributed by atoms with E-state index >= 15 is 0 Å². The summed E-state index contributed by atoms with van der Waals surface area (Å²) in [6, 6.07) is 2.50. The van der Waals surface area contributed by atoms with Gasteiger partial charge in [-0.1, -0.05) is 12.8 Å². The van der Waals surface area contributed by atoms with Crippen molar-refractivity contribution < 1.29 is 10.0 Å². The normalized spacial score (nSPS) is 15.9. The largest absolute Gasteiger partial charge is 0.507 e. The lowest BCUT2D eigenvalue weighted by atomic mass is 9.97. The molecule has 1 aromatic carbocycles. The van der Waals surface area contributed by atoms with Gasteiger partial charge < -0.3 is 10.8 Å². The van der Waals surface area contributed by atoms with E-state index in [0.717, 1.165) is 12.8 Å². The lowest BCUT2D eigenvalue weighted by Crippen LogP contribution is -2.13. The van der Waals surface area contributed by atoms with Crippen molar-refractivity contribution in [2.75, 3.05) is 0 Å². The molecule has 1 aromatic rings. The van der Waals surface area contributed by atoms with E-state index in [1.807, 2.05) is 0 Å². The van der Waals surface area contributed by atoms with Gasteiger partial charge in [-0.3, -0.25) is 10.1 Å². The van der Waals surface area contributed by atoms with Gasteiger partial charge in [-0.2, -0.15) is 0 Å². The second kappa shape index (κ2) is 5.54. The predicted octanol–water partition coefficient (Wildman–Crippen LogP) is 2.83. The van der Waals surface area contributed by atoms with Crippen LogP contribution in [0.25, 0.3) is 0 Å². The Morgan fingerprint density at radius 2 is 2.17 bits per heavy atom. The molecule has 1 fully saturated rings. The van der Waals surface area contributed by atoms with Crippen molar-refractivity contribution in [3.63, 3.8) is 0 Å². The third kappa shape index (κ3) is 2.91. The summed E-state index contributed by atoms with van der Waals surface area (Å²) in [5, 5.41) is 20.9. The average Bonchev–Trinajstić information content (AvgIpc) is 3.05. The van der Waals surface area contributed by atoms with E-state index in [2.05, 4.69) is 0 Å². The molecule has 0 unspecified atom stereocenters. The number of hydrogen-bond donors (Lipinski definition) is 2. The number of phenols is 1. The van der Waals surface area contributed by atoms with Crippen molar-refractivity contribution >= 4 is 18.1 Å². The molecule has 6 heteroatoms. The number of hydrogen-bond acceptors (Lipinski definition) is 4. The second-order valence-corrected chi connectivity index (χ2v) is 4.71. The first-order valence-electron chi connectivity index (χ1n) is 5.73. The summed E-state index contributed by atoms with van der Waals surface area (Å²) in [5.74, 6) is 0.525. The third-order valence-electron chi connectivity index (χ3n) is 3.25. The Bertz CT molecular complexity index is 461. The molecule has 5 nitrogen and oxygen atoms in total. The van der Waals surface area contributed by atoms with Crippen LogP contribution in [0.4, 0.5) is 5.69 Å². The molecule has 1 atom stereocenters. The van der Waals surface area contributed by atoms with Crippen LogP contribution in [-0.4, -0.2) is 10.0 Å². The molecule has 0 bridgehead atoms. The van der Waals surface area contributed by atoms with Crippen LogP contribution in [0.3, 0.4) is 0 Å². The molecule has 3 N–H and O–H groups in total. The zero-order valence-electron chi connectivity index (χ0n) is 10.1. The monoisotopic (exact) mass is 272 g/mol. The maximum Gasteiger partial charge on any atom is 0.277 e. The Morgan fingerprint density at radius 1 is 1.56 bits per heavy atom. The second-order valence-electron chi connectivity index (χ2n) is 4.71. The lowest BCUT2D eigenvalue weighted by molar-refractivity contribution is -0.385. The summed E-state index contributed by atoms with van der Waals surface area (Å²) in [7, 11) is 0. The van der Waals surface area contributed by atoms with Gasteiger partial charge in [0.15, 0.2) is 0 Å². The lowest BCUT2D eigenvalue weighted by Gasteiger charge is -2.14. The van der Waals surface area contributed by atoms with Crippen molar-refractivity contribution in [2.24, 2.45) is 11.7 Å². The van der Waals surface area contributed by atoms with Gasteiger partial charge >= 0.3 is 0 Å². The molecule has 1 aliphatic rings. The van der Waals surface area contributed by atoms with Crippen LogP contribution < -0.4 is 5.73 Å². The number of rotatable bonds is 4. The van der Waals surface area contributed by atoms with E-state index in [1.54, 1.807) is 13.0 Å². The summed E-state index contributed by atoms with van der Waals surface area (Å²) in [5.41, 5.74) is 6.80. The molecule has 1 saturated carbocycles. The molecule has 1 aliphatic carbocycles. The number of aromatic hydroxyl groups is 1. The van der Waals surface area contributed by atoms with E-state index < -0.39 is 11.0 Å². The summed E-state index contributed by atoms with van der Waals surface area (Å²) in [6.45, 7) is 1.71. The zero-order chi connectivity index (χ0) is 12.6. The minimum atomic E-state index is -0.485. The first-order valence-corrected chi connectivity index (χ1v) is 5.73. The maximum absolute atomic E-state index is 10.9. The van der Waals surface area contributed by atoms with E-state index in [9.17, 15) is 15.2 Å². The standard InChI is InChI=1S/C12H16N2O3.ClH/c1-7-2-5-10(14(16)17)11(12(7)15)9(13)6-8-3-4-8;/h2,5,8-9,15H,3-4,6,13H2,1H3;1H/t9-;/m1./s1. The van der Waals surface area contributed by atoms with Crippen molar-refractivity contribution in [3.8, 4) is 5.75 Å². The van der Waals surface area contributed by atoms with Gasteiger partial charge in [-0.15, -0.1) is 12.4 Å². The van der Waals surface area contributed by atoms with Gasteiger partial charge in [0.25, 0.3) is 5.69 Å². The highest BCUT2D eigenvalue weighted by Gasteiger charge is 2.30. The van der Waals surface area contributed by atoms with Crippen LogP contribution in [0.15, 0.2) is 12.1 Å². The van der Waals surface area contributed by atoms with E-state index in [-0.39, 0.29) is 29.4 Å². The predicted molar refractivity (Wildman–Crippen MR) is 71.0 cm³/mol. The highest BCUT2D eigenvalue weighted by molar-refractivity contribution is 5.85. The summed E-state index contributed by atoms with van der Waals surface area (Å²) >= 11 is 0. The number of nitrogens with two attached hydrogens (primary N) is 1. The maximum atomic E-state index is 10.9. The number of phenolic OH excluding ortho intramolecular Hbond substituents is 1. The molecular weight excluding hydrogens is 256 g/mol. The Labute approximate surface area is 112 Å². The molecule has 18 heavy (non-hydrogen) atoms. The minimum absolute atomic E-state index is 0. The van der Waals surface area contributed by atoms with Crippen LogP contribution >= 0.6 is 12.4 Å². The number of nitrogens with zero attached hydrogens (tertiary/aromatic N) is 1. The molecule has 2 rings (SSSR count). The summed E-state index contributed by atoms with van der Waals surface area (Å²) in [4.78, 5) is 10.4. The first-order chi connectivity index (χ1) is 8.00. The fraction of sp³-hybridized carbons (Fsp3) is 0.500. The Morgan fingerprint density at radius 3 is 2.67 bits per heavy atom. The van der Waals surface area contributed by atoms with E-state index in [0.29, 0.717) is 17.9 Å². The molecule has 0 saturated heterocycles. The highest BCUT2D eigenvalue weighted by atomic mass is 35.5. The Hall–Kier alpha value is -1.33. The van der Waals surface area contributed by atoms with Crippen molar-refractivity contribution in [1.29, 1.82) is 0 Å². The first kappa shape index (κ1) is 14.7. The molecule has 0 radical (unpaired) electrons. The highest BCUT2D eigenvalue weighted by Crippen LogP contribution is 2.42. The number of nitro groups is 1. The van der Waals surface area contributed by atoms with E-state index in [4.69, 9.17) is 5.73 Å². The quantitative estimate of drug-likeness (QED) is 0.651. The smallest absolute Gasteiger partial charge is 0.277 e. The van der Waals surface area contributed by atoms with E-state index in [1.165, 1.54) is 6.07 Å². The van der Waals surface area contributed by atoms with Gasteiger partial charge in [-0.25, -0.2) is 0 Å². The molecule has 100 valence electrons. The van der Waals surface area contributed by atoms with Gasteiger partial charge in [0.05, 0.1) is 10.5 Å². The van der Waals surface area contributed by atoms with Crippen LogP contribution in [0.5, 0.6) is 5.75 Å². The summed E-state index contributed by atoms with van der Waals surface area (Å²) in [6.07, 6.45) is 2.97. The minimum Gasteiger partial charge on any atom is -0.507 e. The fourth-order valence-electron chi connectivity index (χ4n) is 2.06. The van der Waals surface area contributed by atoms with Gasteiger partial charge in [0, 0.05) is 12.1 Å². The van der Waals surface area contributed by atoms with Crippen molar-refractivity contribution in [3.05, 3.63) is 33.4 Å². The van der Waals surface area contributed by atoms with Gasteiger partial charge in [-0.05, 0) is 30.9 Å². The average molecular weight is 273 g/mol. The number of benzene rings is 1.